The van der Waals surface area contributed by atoms with Crippen LogP contribution in [-0.2, 0) is 16.2 Å². The van der Waals surface area contributed by atoms with Gasteiger partial charge in [-0.3, -0.25) is 0 Å². The molecule has 318 valence electrons. The average molecular weight is 853 g/mol. The van der Waals surface area contributed by atoms with Crippen molar-refractivity contribution in [2.75, 3.05) is 4.81 Å². The summed E-state index contributed by atoms with van der Waals surface area (Å²) in [5, 5.41) is 5.90. The highest BCUT2D eigenvalue weighted by Gasteiger charge is 2.45. The molecule has 3 aliphatic rings. The number of anilines is 2. The van der Waals surface area contributed by atoms with E-state index in [1.165, 1.54) is 82.9 Å². The molecule has 66 heavy (non-hydrogen) atoms. The minimum Gasteiger partial charge on any atom is -0.456 e. The second kappa shape index (κ2) is 12.6. The SMILES string of the molecule is CC(C)(C)c1ccc(N2B3c4cc5cc(-c6ccccc6)oc5cc4-n4c5cc6c(cc5c5ccc(c3c54)-c3cc4oc5cc(C(C)(C)C)ccc5c4cc32)-c2ccccc2C6(C)C)cc1. The molecular weight excluding hydrogens is 803 g/mol. The first kappa shape index (κ1) is 38.1. The van der Waals surface area contributed by atoms with Crippen molar-refractivity contribution < 1.29 is 8.83 Å². The Morgan fingerprint density at radius 2 is 1.23 bits per heavy atom. The highest BCUT2D eigenvalue weighted by atomic mass is 16.3. The van der Waals surface area contributed by atoms with Crippen LogP contribution in [0.15, 0.2) is 160 Å². The normalized spacial score (nSPS) is 14.7. The van der Waals surface area contributed by atoms with E-state index < -0.39 is 0 Å². The Kier molecular flexibility index (Phi) is 7.24. The molecule has 11 aromatic rings. The fourth-order valence-electron chi connectivity index (χ4n) is 12.0. The van der Waals surface area contributed by atoms with Crippen molar-refractivity contribution in [3.8, 4) is 39.3 Å². The molecule has 5 heterocycles. The minimum absolute atomic E-state index is 0.00258. The Labute approximate surface area is 385 Å². The maximum atomic E-state index is 6.87. The number of furan rings is 2. The molecule has 0 N–H and O–H groups in total. The van der Waals surface area contributed by atoms with Gasteiger partial charge in [0, 0.05) is 66.6 Å². The lowest BCUT2D eigenvalue weighted by Crippen LogP contribution is -2.60. The van der Waals surface area contributed by atoms with Crippen LogP contribution < -0.4 is 15.7 Å². The molecule has 14 rings (SSSR count). The van der Waals surface area contributed by atoms with Gasteiger partial charge in [-0.2, -0.15) is 0 Å². The molecule has 8 aromatic carbocycles. The van der Waals surface area contributed by atoms with E-state index >= 15 is 0 Å². The number of fused-ring (bicyclic) bond motifs is 15. The van der Waals surface area contributed by atoms with E-state index in [1.54, 1.807) is 0 Å². The van der Waals surface area contributed by atoms with Gasteiger partial charge in [-0.25, -0.2) is 0 Å². The summed E-state index contributed by atoms with van der Waals surface area (Å²) in [7, 11) is 0. The molecule has 0 radical (unpaired) electrons. The third-order valence-electron chi connectivity index (χ3n) is 15.5. The molecule has 3 aromatic heterocycles. The van der Waals surface area contributed by atoms with Gasteiger partial charge >= 0.3 is 6.85 Å². The highest BCUT2D eigenvalue weighted by Crippen LogP contribution is 2.53. The third kappa shape index (κ3) is 5.01. The number of aromatic nitrogens is 1. The van der Waals surface area contributed by atoms with Crippen molar-refractivity contribution in [3.63, 3.8) is 0 Å². The van der Waals surface area contributed by atoms with Gasteiger partial charge in [0.25, 0.3) is 0 Å². The number of hydrogen-bond acceptors (Lipinski definition) is 3. The first-order valence-electron chi connectivity index (χ1n) is 23.5. The average Bonchev–Trinajstić information content (AvgIpc) is 4.04. The topological polar surface area (TPSA) is 34.5 Å². The second-order valence-electron chi connectivity index (χ2n) is 21.8. The number of nitrogens with zero attached hydrogens (tertiary/aromatic N) is 2. The van der Waals surface area contributed by atoms with E-state index in [0.717, 1.165) is 55.6 Å². The van der Waals surface area contributed by atoms with Crippen LogP contribution in [0.2, 0.25) is 0 Å². The number of hydrogen-bond donors (Lipinski definition) is 0. The van der Waals surface area contributed by atoms with Gasteiger partial charge < -0.3 is 18.2 Å². The summed E-state index contributed by atoms with van der Waals surface area (Å²) >= 11 is 0. The van der Waals surface area contributed by atoms with E-state index in [-0.39, 0.29) is 23.1 Å². The fourth-order valence-corrected chi connectivity index (χ4v) is 12.0. The minimum atomic E-state index is -0.146. The smallest absolute Gasteiger partial charge is 0.333 e. The van der Waals surface area contributed by atoms with Crippen molar-refractivity contribution >= 4 is 83.9 Å². The van der Waals surface area contributed by atoms with Crippen LogP contribution in [0.3, 0.4) is 0 Å². The molecule has 5 heteroatoms. The summed E-state index contributed by atoms with van der Waals surface area (Å²) in [4.78, 5) is 2.63. The van der Waals surface area contributed by atoms with Crippen molar-refractivity contribution in [1.29, 1.82) is 0 Å². The molecular formula is C61H49BN2O2. The first-order valence-corrected chi connectivity index (χ1v) is 23.5. The van der Waals surface area contributed by atoms with Crippen molar-refractivity contribution in [1.82, 2.24) is 4.57 Å². The van der Waals surface area contributed by atoms with Gasteiger partial charge in [0.15, 0.2) is 0 Å². The predicted molar refractivity (Wildman–Crippen MR) is 277 cm³/mol. The van der Waals surface area contributed by atoms with Crippen LogP contribution >= 0.6 is 0 Å². The van der Waals surface area contributed by atoms with Gasteiger partial charge in [0.2, 0.25) is 0 Å². The van der Waals surface area contributed by atoms with Gasteiger partial charge in [-0.15, -0.1) is 0 Å². The van der Waals surface area contributed by atoms with Gasteiger partial charge in [0.05, 0.1) is 11.0 Å². The molecule has 0 saturated carbocycles. The van der Waals surface area contributed by atoms with Crippen LogP contribution in [0.25, 0.3) is 94.0 Å². The molecule has 0 fully saturated rings. The zero-order chi connectivity index (χ0) is 44.8. The van der Waals surface area contributed by atoms with Crippen molar-refractivity contribution in [2.24, 2.45) is 0 Å². The monoisotopic (exact) mass is 852 g/mol. The van der Waals surface area contributed by atoms with Crippen LogP contribution in [0.4, 0.5) is 11.4 Å². The summed E-state index contributed by atoms with van der Waals surface area (Å²) in [6.45, 7) is 18.3. The standard InChI is InChI=1S/C61H49BN2O2/c1-59(2,3)36-18-21-38(22-19-36)64-51-30-46-40-23-20-37(60(4,5)6)28-55(40)66-56(46)31-45(51)41-24-25-42-44-29-43-39-16-12-13-17-47(39)61(7,8)48(43)32-50(44)63-52-33-54-35(26-49(52)62(64)57(41)58(42)63)27-53(65-54)34-14-10-9-11-15-34/h9-33H,1-8H3. The Balaban J connectivity index is 1.12. The van der Waals surface area contributed by atoms with Gasteiger partial charge in [-0.1, -0.05) is 152 Å². The highest BCUT2D eigenvalue weighted by molar-refractivity contribution is 6.94. The molecule has 1 aliphatic carbocycles. The number of benzene rings is 8. The first-order chi connectivity index (χ1) is 31.7. The van der Waals surface area contributed by atoms with E-state index in [0.29, 0.717) is 0 Å². The maximum Gasteiger partial charge on any atom is 0.333 e. The lowest BCUT2D eigenvalue weighted by Gasteiger charge is -2.42. The molecule has 0 atom stereocenters. The zero-order valence-corrected chi connectivity index (χ0v) is 38.7. The van der Waals surface area contributed by atoms with E-state index in [2.05, 4.69) is 216 Å². The Morgan fingerprint density at radius 3 is 2.02 bits per heavy atom. The molecule has 0 unspecified atom stereocenters. The van der Waals surface area contributed by atoms with Crippen LogP contribution in [0.1, 0.15) is 77.6 Å². The summed E-state index contributed by atoms with van der Waals surface area (Å²) in [5.74, 6) is 0.874. The Hall–Kier alpha value is -7.24. The van der Waals surface area contributed by atoms with Crippen LogP contribution in [0, 0.1) is 0 Å². The lowest BCUT2D eigenvalue weighted by molar-refractivity contribution is 0.587. The number of rotatable bonds is 2. The predicted octanol–water partition coefficient (Wildman–Crippen LogP) is 15.2. The second-order valence-corrected chi connectivity index (χ2v) is 21.8. The van der Waals surface area contributed by atoms with Crippen LogP contribution in [-0.4, -0.2) is 11.4 Å². The van der Waals surface area contributed by atoms with Gasteiger partial charge in [-0.05, 0) is 109 Å². The largest absolute Gasteiger partial charge is 0.456 e. The molecule has 0 bridgehead atoms. The van der Waals surface area contributed by atoms with Crippen LogP contribution in [0.5, 0.6) is 0 Å². The van der Waals surface area contributed by atoms with Crippen molar-refractivity contribution in [2.45, 2.75) is 71.6 Å². The Morgan fingerprint density at radius 1 is 0.500 bits per heavy atom. The summed E-state index contributed by atoms with van der Waals surface area (Å²) in [6, 6.07) is 57.1. The fraction of sp³-hybridized carbons (Fsp3) is 0.180. The summed E-state index contributed by atoms with van der Waals surface area (Å²) in [5.41, 5.74) is 22.6. The van der Waals surface area contributed by atoms with Gasteiger partial charge in [0.1, 0.15) is 22.5 Å². The lowest BCUT2D eigenvalue weighted by atomic mass is 9.44. The van der Waals surface area contributed by atoms with E-state index in [9.17, 15) is 0 Å². The third-order valence-corrected chi connectivity index (χ3v) is 15.5. The van der Waals surface area contributed by atoms with E-state index in [4.69, 9.17) is 8.83 Å². The summed E-state index contributed by atoms with van der Waals surface area (Å²) in [6.07, 6.45) is 0. The molecule has 0 saturated heterocycles. The zero-order valence-electron chi connectivity index (χ0n) is 38.7. The maximum absolute atomic E-state index is 6.87. The Bertz CT molecular complexity index is 3920. The molecule has 2 aliphatic heterocycles. The molecule has 0 amide bonds. The summed E-state index contributed by atoms with van der Waals surface area (Å²) < 4.78 is 16.3. The molecule has 0 spiro atoms. The molecule has 4 nitrogen and oxygen atoms in total. The quantitative estimate of drug-likeness (QED) is 0.163. The van der Waals surface area contributed by atoms with E-state index in [1.807, 2.05) is 0 Å². The van der Waals surface area contributed by atoms with Crippen molar-refractivity contribution in [3.05, 3.63) is 174 Å².